The Kier molecular flexibility index (Phi) is 5.30. The van der Waals surface area contributed by atoms with E-state index in [1.54, 1.807) is 18.2 Å². The van der Waals surface area contributed by atoms with Crippen LogP contribution in [-0.4, -0.2) is 30.3 Å². The lowest BCUT2D eigenvalue weighted by Gasteiger charge is -2.23. The molecule has 2 unspecified atom stereocenters. The fraction of sp³-hybridized carbons (Fsp3) is 0.588. The standard InChI is InChI=1S/C17H24FNO/c1-13-6-5-10-19(11-9-13)12-14(2)17(20)15-7-3-4-8-16(15)18/h3-4,7-8,13-14H,5-6,9-12H2,1-2H3. The molecule has 0 amide bonds. The first-order valence-electron chi connectivity index (χ1n) is 7.59. The van der Waals surface area contributed by atoms with Gasteiger partial charge in [-0.3, -0.25) is 4.79 Å². The predicted octanol–water partition coefficient (Wildman–Crippen LogP) is 3.77. The highest BCUT2D eigenvalue weighted by Crippen LogP contribution is 2.19. The van der Waals surface area contributed by atoms with Gasteiger partial charge < -0.3 is 4.90 Å². The molecular formula is C17H24FNO. The fourth-order valence-corrected chi connectivity index (χ4v) is 2.90. The van der Waals surface area contributed by atoms with E-state index in [9.17, 15) is 9.18 Å². The molecule has 0 aromatic heterocycles. The number of hydrogen-bond donors (Lipinski definition) is 0. The summed E-state index contributed by atoms with van der Waals surface area (Å²) in [6.45, 7) is 7.04. The zero-order valence-corrected chi connectivity index (χ0v) is 12.4. The van der Waals surface area contributed by atoms with Crippen molar-refractivity contribution >= 4 is 5.78 Å². The molecule has 1 aromatic carbocycles. The maximum Gasteiger partial charge on any atom is 0.169 e. The Labute approximate surface area is 121 Å². The molecule has 1 aliphatic heterocycles. The van der Waals surface area contributed by atoms with Gasteiger partial charge in [-0.15, -0.1) is 0 Å². The number of nitrogens with zero attached hydrogens (tertiary/aromatic N) is 1. The zero-order valence-electron chi connectivity index (χ0n) is 12.4. The zero-order chi connectivity index (χ0) is 14.5. The van der Waals surface area contributed by atoms with Crippen molar-refractivity contribution < 1.29 is 9.18 Å². The molecule has 0 spiro atoms. The van der Waals surface area contributed by atoms with E-state index in [0.29, 0.717) is 0 Å². The van der Waals surface area contributed by atoms with E-state index in [2.05, 4.69) is 11.8 Å². The average molecular weight is 277 g/mol. The minimum atomic E-state index is -0.408. The van der Waals surface area contributed by atoms with E-state index >= 15 is 0 Å². The largest absolute Gasteiger partial charge is 0.303 e. The van der Waals surface area contributed by atoms with Crippen molar-refractivity contribution in [2.75, 3.05) is 19.6 Å². The number of benzene rings is 1. The van der Waals surface area contributed by atoms with Gasteiger partial charge in [0, 0.05) is 12.5 Å². The number of carbonyl (C=O) groups excluding carboxylic acids is 1. The van der Waals surface area contributed by atoms with E-state index in [1.165, 1.54) is 25.3 Å². The maximum atomic E-state index is 13.7. The van der Waals surface area contributed by atoms with Crippen LogP contribution in [0.4, 0.5) is 4.39 Å². The first kappa shape index (κ1) is 15.2. The molecule has 2 rings (SSSR count). The minimum absolute atomic E-state index is 0.0830. The first-order valence-corrected chi connectivity index (χ1v) is 7.59. The molecule has 0 radical (unpaired) electrons. The van der Waals surface area contributed by atoms with E-state index < -0.39 is 5.82 Å². The van der Waals surface area contributed by atoms with Gasteiger partial charge >= 0.3 is 0 Å². The molecule has 1 saturated heterocycles. The number of Topliss-reactive ketones (excluding diaryl/α,β-unsaturated/α-hetero) is 1. The highest BCUT2D eigenvalue weighted by atomic mass is 19.1. The quantitative estimate of drug-likeness (QED) is 0.781. The summed E-state index contributed by atoms with van der Waals surface area (Å²) in [5, 5.41) is 0. The number of ketones is 1. The van der Waals surface area contributed by atoms with Gasteiger partial charge in [0.2, 0.25) is 0 Å². The van der Waals surface area contributed by atoms with Crippen LogP contribution >= 0.6 is 0 Å². The van der Waals surface area contributed by atoms with Gasteiger partial charge in [-0.1, -0.05) is 26.0 Å². The Hall–Kier alpha value is -1.22. The van der Waals surface area contributed by atoms with Crippen molar-refractivity contribution in [1.82, 2.24) is 4.90 Å². The molecule has 20 heavy (non-hydrogen) atoms. The van der Waals surface area contributed by atoms with Gasteiger partial charge in [0.1, 0.15) is 5.82 Å². The molecular weight excluding hydrogens is 253 g/mol. The molecule has 0 saturated carbocycles. The third kappa shape index (κ3) is 3.89. The average Bonchev–Trinajstić information content (AvgIpc) is 2.63. The molecule has 0 bridgehead atoms. The molecule has 0 aliphatic carbocycles. The van der Waals surface area contributed by atoms with Crippen molar-refractivity contribution in [3.05, 3.63) is 35.6 Å². The lowest BCUT2D eigenvalue weighted by atomic mass is 9.98. The molecule has 1 heterocycles. The summed E-state index contributed by atoms with van der Waals surface area (Å²) in [6, 6.07) is 6.27. The lowest BCUT2D eigenvalue weighted by molar-refractivity contribution is 0.0890. The summed E-state index contributed by atoms with van der Waals surface area (Å²) in [5.74, 6) is 0.132. The summed E-state index contributed by atoms with van der Waals surface area (Å²) < 4.78 is 13.7. The topological polar surface area (TPSA) is 20.3 Å². The van der Waals surface area contributed by atoms with Crippen molar-refractivity contribution in [2.24, 2.45) is 11.8 Å². The monoisotopic (exact) mass is 277 g/mol. The van der Waals surface area contributed by atoms with Crippen LogP contribution in [0.15, 0.2) is 24.3 Å². The molecule has 110 valence electrons. The molecule has 2 atom stereocenters. The van der Waals surface area contributed by atoms with Gasteiger partial charge in [-0.2, -0.15) is 0 Å². The van der Waals surface area contributed by atoms with Crippen LogP contribution in [0.3, 0.4) is 0 Å². The van der Waals surface area contributed by atoms with E-state index in [0.717, 1.165) is 25.6 Å². The third-order valence-corrected chi connectivity index (χ3v) is 4.23. The van der Waals surface area contributed by atoms with Crippen molar-refractivity contribution in [2.45, 2.75) is 33.1 Å². The van der Waals surface area contributed by atoms with Crippen LogP contribution in [-0.2, 0) is 0 Å². The van der Waals surface area contributed by atoms with Gasteiger partial charge in [-0.25, -0.2) is 4.39 Å². The number of carbonyl (C=O) groups is 1. The van der Waals surface area contributed by atoms with E-state index in [4.69, 9.17) is 0 Å². The SMILES string of the molecule is CC1CCCN(CC(C)C(=O)c2ccccc2F)CC1. The van der Waals surface area contributed by atoms with Gasteiger partial charge in [0.15, 0.2) is 5.78 Å². The normalized spacial score (nSPS) is 22.2. The Bertz CT molecular complexity index is 460. The number of halogens is 1. The molecule has 1 fully saturated rings. The lowest BCUT2D eigenvalue weighted by Crippen LogP contribution is -2.33. The smallest absolute Gasteiger partial charge is 0.169 e. The van der Waals surface area contributed by atoms with E-state index in [1.807, 2.05) is 6.92 Å². The molecule has 3 heteroatoms. The van der Waals surface area contributed by atoms with Crippen LogP contribution in [0, 0.1) is 17.7 Å². The molecule has 1 aliphatic rings. The predicted molar refractivity (Wildman–Crippen MR) is 79.3 cm³/mol. The van der Waals surface area contributed by atoms with Crippen LogP contribution in [0.1, 0.15) is 43.5 Å². The Morgan fingerprint density at radius 3 is 2.85 bits per heavy atom. The van der Waals surface area contributed by atoms with Crippen LogP contribution in [0.25, 0.3) is 0 Å². The number of rotatable bonds is 4. The Balaban J connectivity index is 1.96. The summed E-state index contributed by atoms with van der Waals surface area (Å²) >= 11 is 0. The van der Waals surface area contributed by atoms with Crippen molar-refractivity contribution in [3.63, 3.8) is 0 Å². The van der Waals surface area contributed by atoms with Gasteiger partial charge in [0.05, 0.1) is 5.56 Å². The van der Waals surface area contributed by atoms with Crippen LogP contribution in [0.2, 0.25) is 0 Å². The Morgan fingerprint density at radius 2 is 2.10 bits per heavy atom. The summed E-state index contributed by atoms with van der Waals surface area (Å²) in [4.78, 5) is 14.7. The summed E-state index contributed by atoms with van der Waals surface area (Å²) in [6.07, 6.45) is 3.66. The number of likely N-dealkylation sites (tertiary alicyclic amines) is 1. The minimum Gasteiger partial charge on any atom is -0.303 e. The number of hydrogen-bond acceptors (Lipinski definition) is 2. The molecule has 2 nitrogen and oxygen atoms in total. The Morgan fingerprint density at radius 1 is 1.35 bits per heavy atom. The third-order valence-electron chi connectivity index (χ3n) is 4.23. The highest BCUT2D eigenvalue weighted by Gasteiger charge is 2.22. The van der Waals surface area contributed by atoms with Gasteiger partial charge in [-0.05, 0) is 50.4 Å². The fourth-order valence-electron chi connectivity index (χ4n) is 2.90. The van der Waals surface area contributed by atoms with Crippen molar-refractivity contribution in [1.29, 1.82) is 0 Å². The summed E-state index contributed by atoms with van der Waals surface area (Å²) in [5.41, 5.74) is 0.225. The van der Waals surface area contributed by atoms with Crippen LogP contribution < -0.4 is 0 Å². The highest BCUT2D eigenvalue weighted by molar-refractivity contribution is 5.98. The maximum absolute atomic E-state index is 13.7. The summed E-state index contributed by atoms with van der Waals surface area (Å²) in [7, 11) is 0. The first-order chi connectivity index (χ1) is 9.58. The van der Waals surface area contributed by atoms with Gasteiger partial charge in [0.25, 0.3) is 0 Å². The van der Waals surface area contributed by atoms with E-state index in [-0.39, 0.29) is 17.3 Å². The molecule has 1 aromatic rings. The second-order valence-corrected chi connectivity index (χ2v) is 6.08. The second kappa shape index (κ2) is 6.98. The second-order valence-electron chi connectivity index (χ2n) is 6.08. The van der Waals surface area contributed by atoms with Crippen molar-refractivity contribution in [3.8, 4) is 0 Å². The molecule has 0 N–H and O–H groups in total. The van der Waals surface area contributed by atoms with Crippen LogP contribution in [0.5, 0.6) is 0 Å².